The second kappa shape index (κ2) is 7.13. The lowest BCUT2D eigenvalue weighted by Crippen LogP contribution is -2.08. The topological polar surface area (TPSA) is 26.3 Å². The minimum Gasteiger partial charge on any atom is -0.453 e. The standard InChI is InChI=1S/C18H15F3O2/c1-13(22)23-17(12-7-14-5-3-2-4-6-14)15-8-10-16(11-9-15)18(19,20)21/h2-12,17H,1H3/b12-7+. The lowest BCUT2D eigenvalue weighted by atomic mass is 10.0. The summed E-state index contributed by atoms with van der Waals surface area (Å²) >= 11 is 0. The van der Waals surface area contributed by atoms with Gasteiger partial charge in [-0.1, -0.05) is 48.5 Å². The lowest BCUT2D eigenvalue weighted by molar-refractivity contribution is -0.144. The number of hydrogen-bond acceptors (Lipinski definition) is 2. The first-order valence-electron chi connectivity index (χ1n) is 6.94. The van der Waals surface area contributed by atoms with E-state index in [9.17, 15) is 18.0 Å². The van der Waals surface area contributed by atoms with Crippen LogP contribution in [0.3, 0.4) is 0 Å². The summed E-state index contributed by atoms with van der Waals surface area (Å²) in [6.07, 6.45) is -1.74. The second-order valence-corrected chi connectivity index (χ2v) is 4.92. The van der Waals surface area contributed by atoms with Crippen LogP contribution in [0.2, 0.25) is 0 Å². The van der Waals surface area contributed by atoms with Crippen LogP contribution >= 0.6 is 0 Å². The Bertz CT molecular complexity index is 674. The van der Waals surface area contributed by atoms with Crippen molar-refractivity contribution in [2.24, 2.45) is 0 Å². The minimum atomic E-state index is -4.39. The molecule has 2 aromatic carbocycles. The molecule has 0 aromatic heterocycles. The molecule has 0 amide bonds. The molecule has 2 nitrogen and oxygen atoms in total. The maximum Gasteiger partial charge on any atom is 0.416 e. The number of alkyl halides is 3. The molecule has 2 rings (SSSR count). The van der Waals surface area contributed by atoms with Gasteiger partial charge in [-0.2, -0.15) is 13.2 Å². The normalized spacial score (nSPS) is 13.0. The molecule has 5 heteroatoms. The monoisotopic (exact) mass is 320 g/mol. The molecular weight excluding hydrogens is 305 g/mol. The number of esters is 1. The van der Waals surface area contributed by atoms with Crippen LogP contribution in [0.4, 0.5) is 13.2 Å². The van der Waals surface area contributed by atoms with Gasteiger partial charge in [-0.3, -0.25) is 4.79 Å². The van der Waals surface area contributed by atoms with Crippen LogP contribution in [0.15, 0.2) is 60.7 Å². The van der Waals surface area contributed by atoms with Crippen LogP contribution < -0.4 is 0 Å². The molecule has 23 heavy (non-hydrogen) atoms. The molecule has 0 spiro atoms. The summed E-state index contributed by atoms with van der Waals surface area (Å²) in [6.45, 7) is 1.26. The van der Waals surface area contributed by atoms with Crippen molar-refractivity contribution < 1.29 is 22.7 Å². The van der Waals surface area contributed by atoms with Gasteiger partial charge >= 0.3 is 12.1 Å². The van der Waals surface area contributed by atoms with E-state index in [1.165, 1.54) is 19.1 Å². The molecule has 0 aliphatic rings. The maximum atomic E-state index is 12.6. The van der Waals surface area contributed by atoms with E-state index in [4.69, 9.17) is 4.74 Å². The number of carbonyl (C=O) groups excluding carboxylic acids is 1. The Hall–Kier alpha value is -2.56. The van der Waals surface area contributed by atoms with Gasteiger partial charge in [-0.05, 0) is 29.3 Å². The summed E-state index contributed by atoms with van der Waals surface area (Å²) in [5.74, 6) is -0.507. The van der Waals surface area contributed by atoms with Crippen molar-refractivity contribution in [1.29, 1.82) is 0 Å². The predicted octanol–water partition coefficient (Wildman–Crippen LogP) is 5.02. The summed E-state index contributed by atoms with van der Waals surface area (Å²) < 4.78 is 43.0. The van der Waals surface area contributed by atoms with Crippen LogP contribution in [0.5, 0.6) is 0 Å². The Labute approximate surface area is 132 Å². The molecule has 1 atom stereocenters. The summed E-state index contributed by atoms with van der Waals surface area (Å²) in [7, 11) is 0. The average Bonchev–Trinajstić information content (AvgIpc) is 2.51. The van der Waals surface area contributed by atoms with Crippen LogP contribution in [-0.2, 0) is 15.7 Å². The zero-order valence-corrected chi connectivity index (χ0v) is 12.4. The Kier molecular flexibility index (Phi) is 5.21. The van der Waals surface area contributed by atoms with Crippen molar-refractivity contribution in [1.82, 2.24) is 0 Å². The molecule has 0 saturated heterocycles. The van der Waals surface area contributed by atoms with Gasteiger partial charge in [-0.25, -0.2) is 0 Å². The molecule has 0 aliphatic carbocycles. The van der Waals surface area contributed by atoms with Gasteiger partial charge < -0.3 is 4.74 Å². The van der Waals surface area contributed by atoms with E-state index in [1.54, 1.807) is 12.2 Å². The molecule has 0 heterocycles. The third-order valence-corrected chi connectivity index (χ3v) is 3.12. The number of rotatable bonds is 4. The highest BCUT2D eigenvalue weighted by Crippen LogP contribution is 2.30. The van der Waals surface area contributed by atoms with Crippen molar-refractivity contribution in [3.8, 4) is 0 Å². The number of benzene rings is 2. The van der Waals surface area contributed by atoms with Crippen molar-refractivity contribution >= 4 is 12.0 Å². The van der Waals surface area contributed by atoms with E-state index in [-0.39, 0.29) is 0 Å². The summed E-state index contributed by atoms with van der Waals surface area (Å²) in [5.41, 5.74) is 0.631. The van der Waals surface area contributed by atoms with Gasteiger partial charge in [0.25, 0.3) is 0 Å². The Morgan fingerprint density at radius 2 is 1.65 bits per heavy atom. The van der Waals surface area contributed by atoms with Gasteiger partial charge in [0, 0.05) is 6.92 Å². The first-order valence-corrected chi connectivity index (χ1v) is 6.94. The smallest absolute Gasteiger partial charge is 0.416 e. The predicted molar refractivity (Wildman–Crippen MR) is 81.4 cm³/mol. The van der Waals surface area contributed by atoms with E-state index in [0.717, 1.165) is 17.7 Å². The van der Waals surface area contributed by atoms with Crippen LogP contribution in [0, 0.1) is 0 Å². The highest BCUT2D eigenvalue weighted by molar-refractivity contribution is 5.67. The third-order valence-electron chi connectivity index (χ3n) is 3.12. The third kappa shape index (κ3) is 4.98. The van der Waals surface area contributed by atoms with E-state index >= 15 is 0 Å². The molecule has 120 valence electrons. The van der Waals surface area contributed by atoms with Gasteiger partial charge in [0.05, 0.1) is 5.56 Å². The van der Waals surface area contributed by atoms with Crippen molar-refractivity contribution in [3.63, 3.8) is 0 Å². The number of halogens is 3. The van der Waals surface area contributed by atoms with E-state index in [2.05, 4.69) is 0 Å². The zero-order valence-electron chi connectivity index (χ0n) is 12.4. The number of carbonyl (C=O) groups is 1. The van der Waals surface area contributed by atoms with Crippen LogP contribution in [-0.4, -0.2) is 5.97 Å². The molecule has 0 fully saturated rings. The Balaban J connectivity index is 2.24. The average molecular weight is 320 g/mol. The zero-order chi connectivity index (χ0) is 16.9. The highest BCUT2D eigenvalue weighted by Gasteiger charge is 2.30. The molecule has 2 aromatic rings. The maximum absolute atomic E-state index is 12.6. The molecule has 0 aliphatic heterocycles. The van der Waals surface area contributed by atoms with E-state index in [0.29, 0.717) is 5.56 Å². The second-order valence-electron chi connectivity index (χ2n) is 4.92. The van der Waals surface area contributed by atoms with Gasteiger partial charge in [0.1, 0.15) is 6.10 Å². The molecular formula is C18H15F3O2. The molecule has 1 unspecified atom stereocenters. The molecule has 0 bridgehead atoms. The fourth-order valence-electron chi connectivity index (χ4n) is 2.02. The van der Waals surface area contributed by atoms with Gasteiger partial charge in [0.2, 0.25) is 0 Å². The fourth-order valence-corrected chi connectivity index (χ4v) is 2.02. The Morgan fingerprint density at radius 3 is 2.17 bits per heavy atom. The molecule has 0 radical (unpaired) electrons. The highest BCUT2D eigenvalue weighted by atomic mass is 19.4. The van der Waals surface area contributed by atoms with E-state index < -0.39 is 23.8 Å². The van der Waals surface area contributed by atoms with Crippen molar-refractivity contribution in [3.05, 3.63) is 77.4 Å². The largest absolute Gasteiger partial charge is 0.453 e. The van der Waals surface area contributed by atoms with Crippen molar-refractivity contribution in [2.45, 2.75) is 19.2 Å². The number of hydrogen-bond donors (Lipinski definition) is 0. The van der Waals surface area contributed by atoms with Gasteiger partial charge in [0.15, 0.2) is 0 Å². The minimum absolute atomic E-state index is 0.473. The summed E-state index contributed by atoms with van der Waals surface area (Å²) in [4.78, 5) is 11.2. The van der Waals surface area contributed by atoms with Crippen LogP contribution in [0.25, 0.3) is 6.08 Å². The number of ether oxygens (including phenoxy) is 1. The first kappa shape index (κ1) is 16.8. The lowest BCUT2D eigenvalue weighted by Gasteiger charge is -2.15. The molecule has 0 saturated carbocycles. The van der Waals surface area contributed by atoms with E-state index in [1.807, 2.05) is 30.3 Å². The SMILES string of the molecule is CC(=O)OC(/C=C/c1ccccc1)c1ccc(C(F)(F)F)cc1. The summed E-state index contributed by atoms with van der Waals surface area (Å²) in [5, 5.41) is 0. The first-order chi connectivity index (χ1) is 10.9. The molecule has 0 N–H and O–H groups in total. The van der Waals surface area contributed by atoms with Crippen LogP contribution in [0.1, 0.15) is 29.7 Å². The van der Waals surface area contributed by atoms with Gasteiger partial charge in [-0.15, -0.1) is 0 Å². The summed E-state index contributed by atoms with van der Waals surface area (Å²) in [6, 6.07) is 13.9. The quantitative estimate of drug-likeness (QED) is 0.739. The Morgan fingerprint density at radius 1 is 1.04 bits per heavy atom. The fraction of sp³-hybridized carbons (Fsp3) is 0.167. The van der Waals surface area contributed by atoms with Crippen molar-refractivity contribution in [2.75, 3.05) is 0 Å².